The third-order valence-corrected chi connectivity index (χ3v) is 2.03. The van der Waals surface area contributed by atoms with Gasteiger partial charge in [-0.3, -0.25) is 0 Å². The first-order valence-corrected chi connectivity index (χ1v) is 4.72. The SMILES string of the molecule is CC/C=C(/CCl)c1ccccc1. The summed E-state index contributed by atoms with van der Waals surface area (Å²) >= 11 is 5.81. The molecule has 0 aliphatic carbocycles. The lowest BCUT2D eigenvalue weighted by Gasteiger charge is -2.02. The second kappa shape index (κ2) is 5.00. The lowest BCUT2D eigenvalue weighted by atomic mass is 10.1. The highest BCUT2D eigenvalue weighted by Gasteiger charge is 1.96. The third kappa shape index (κ3) is 2.38. The molecule has 0 heterocycles. The van der Waals surface area contributed by atoms with Crippen LogP contribution in [0.25, 0.3) is 5.57 Å². The molecule has 0 unspecified atom stereocenters. The smallest absolute Gasteiger partial charge is 0.0476 e. The molecule has 0 bridgehead atoms. The molecule has 1 aromatic rings. The van der Waals surface area contributed by atoms with Crippen LogP contribution in [0.5, 0.6) is 0 Å². The number of rotatable bonds is 3. The van der Waals surface area contributed by atoms with Gasteiger partial charge in [0.2, 0.25) is 0 Å². The third-order valence-electron chi connectivity index (χ3n) is 1.74. The lowest BCUT2D eigenvalue weighted by Crippen LogP contribution is -1.84. The predicted molar refractivity (Wildman–Crippen MR) is 55.4 cm³/mol. The molecule has 0 aromatic heterocycles. The fourth-order valence-electron chi connectivity index (χ4n) is 1.15. The molecule has 0 saturated heterocycles. The Bertz CT molecular complexity index is 249. The molecule has 0 nitrogen and oxygen atoms in total. The van der Waals surface area contributed by atoms with E-state index >= 15 is 0 Å². The van der Waals surface area contributed by atoms with Crippen molar-refractivity contribution in [2.45, 2.75) is 13.3 Å². The quantitative estimate of drug-likeness (QED) is 0.622. The van der Waals surface area contributed by atoms with Gasteiger partial charge in [0, 0.05) is 5.88 Å². The van der Waals surface area contributed by atoms with Crippen molar-refractivity contribution in [2.24, 2.45) is 0 Å². The first kappa shape index (κ1) is 9.34. The Balaban J connectivity index is 2.88. The Hall–Kier alpha value is -0.750. The van der Waals surface area contributed by atoms with Crippen molar-refractivity contribution in [3.63, 3.8) is 0 Å². The van der Waals surface area contributed by atoms with E-state index in [-0.39, 0.29) is 0 Å². The molecular formula is C11H13Cl. The minimum Gasteiger partial charge on any atom is -0.122 e. The number of halogens is 1. The van der Waals surface area contributed by atoms with Crippen LogP contribution in [0.4, 0.5) is 0 Å². The number of alkyl halides is 1. The Morgan fingerprint density at radius 3 is 2.50 bits per heavy atom. The highest BCUT2D eigenvalue weighted by molar-refractivity contribution is 6.23. The van der Waals surface area contributed by atoms with Crippen molar-refractivity contribution in [3.05, 3.63) is 42.0 Å². The van der Waals surface area contributed by atoms with Crippen molar-refractivity contribution in [3.8, 4) is 0 Å². The van der Waals surface area contributed by atoms with Crippen molar-refractivity contribution in [1.82, 2.24) is 0 Å². The summed E-state index contributed by atoms with van der Waals surface area (Å²) in [4.78, 5) is 0. The largest absolute Gasteiger partial charge is 0.122 e. The Morgan fingerprint density at radius 2 is 2.00 bits per heavy atom. The molecule has 0 saturated carbocycles. The molecule has 64 valence electrons. The standard InChI is InChI=1S/C11H13Cl/c1-2-6-11(9-12)10-7-4-3-5-8-10/h3-8H,2,9H2,1H3/b11-6-. The molecule has 0 aliphatic rings. The summed E-state index contributed by atoms with van der Waals surface area (Å²) in [5, 5.41) is 0. The van der Waals surface area contributed by atoms with Gasteiger partial charge in [-0.05, 0) is 17.6 Å². The van der Waals surface area contributed by atoms with E-state index in [2.05, 4.69) is 25.1 Å². The fraction of sp³-hybridized carbons (Fsp3) is 0.273. The van der Waals surface area contributed by atoms with Gasteiger partial charge in [0.15, 0.2) is 0 Å². The van der Waals surface area contributed by atoms with Gasteiger partial charge < -0.3 is 0 Å². The van der Waals surface area contributed by atoms with Crippen LogP contribution >= 0.6 is 11.6 Å². The van der Waals surface area contributed by atoms with Crippen LogP contribution in [0.3, 0.4) is 0 Å². The molecule has 0 atom stereocenters. The van der Waals surface area contributed by atoms with Crippen LogP contribution in [0.15, 0.2) is 36.4 Å². The zero-order chi connectivity index (χ0) is 8.81. The molecule has 0 amide bonds. The maximum atomic E-state index is 5.81. The van der Waals surface area contributed by atoms with E-state index in [0.717, 1.165) is 6.42 Å². The average molecular weight is 181 g/mol. The first-order chi connectivity index (χ1) is 5.88. The maximum Gasteiger partial charge on any atom is 0.0476 e. The predicted octanol–water partition coefficient (Wildman–Crippen LogP) is 3.72. The van der Waals surface area contributed by atoms with Crippen molar-refractivity contribution < 1.29 is 0 Å². The summed E-state index contributed by atoms with van der Waals surface area (Å²) in [5.41, 5.74) is 2.45. The minimum absolute atomic E-state index is 0.595. The number of benzene rings is 1. The average Bonchev–Trinajstić information content (AvgIpc) is 2.15. The first-order valence-electron chi connectivity index (χ1n) is 4.19. The number of hydrogen-bond donors (Lipinski definition) is 0. The summed E-state index contributed by atoms with van der Waals surface area (Å²) in [5.74, 6) is 0.595. The van der Waals surface area contributed by atoms with Crippen LogP contribution < -0.4 is 0 Å². The second-order valence-electron chi connectivity index (χ2n) is 2.64. The number of allylic oxidation sites excluding steroid dienone is 2. The Kier molecular flexibility index (Phi) is 3.89. The normalized spacial score (nSPS) is 11.7. The van der Waals surface area contributed by atoms with E-state index in [1.54, 1.807) is 0 Å². The second-order valence-corrected chi connectivity index (χ2v) is 2.90. The molecule has 1 aromatic carbocycles. The van der Waals surface area contributed by atoms with E-state index in [9.17, 15) is 0 Å². The molecule has 1 heteroatoms. The fourth-order valence-corrected chi connectivity index (χ4v) is 1.41. The summed E-state index contributed by atoms with van der Waals surface area (Å²) in [6.07, 6.45) is 3.21. The summed E-state index contributed by atoms with van der Waals surface area (Å²) in [7, 11) is 0. The number of hydrogen-bond acceptors (Lipinski definition) is 0. The molecule has 12 heavy (non-hydrogen) atoms. The molecule has 0 radical (unpaired) electrons. The van der Waals surface area contributed by atoms with Gasteiger partial charge in [0.1, 0.15) is 0 Å². The van der Waals surface area contributed by atoms with Crippen LogP contribution in [-0.4, -0.2) is 5.88 Å². The van der Waals surface area contributed by atoms with Gasteiger partial charge in [-0.2, -0.15) is 0 Å². The van der Waals surface area contributed by atoms with Gasteiger partial charge in [-0.15, -0.1) is 11.6 Å². The van der Waals surface area contributed by atoms with Gasteiger partial charge in [-0.1, -0.05) is 43.3 Å². The van der Waals surface area contributed by atoms with E-state index in [1.165, 1.54) is 11.1 Å². The van der Waals surface area contributed by atoms with Crippen molar-refractivity contribution in [2.75, 3.05) is 5.88 Å². The highest BCUT2D eigenvalue weighted by Crippen LogP contribution is 2.15. The van der Waals surface area contributed by atoms with Gasteiger partial charge in [0.05, 0.1) is 0 Å². The monoisotopic (exact) mass is 180 g/mol. The van der Waals surface area contributed by atoms with Gasteiger partial charge >= 0.3 is 0 Å². The lowest BCUT2D eigenvalue weighted by molar-refractivity contribution is 1.22. The van der Waals surface area contributed by atoms with E-state index < -0.39 is 0 Å². The summed E-state index contributed by atoms with van der Waals surface area (Å²) < 4.78 is 0. The Labute approximate surface area is 78.9 Å². The highest BCUT2D eigenvalue weighted by atomic mass is 35.5. The van der Waals surface area contributed by atoms with Crippen LogP contribution in [0.1, 0.15) is 18.9 Å². The molecule has 0 spiro atoms. The van der Waals surface area contributed by atoms with Gasteiger partial charge in [0.25, 0.3) is 0 Å². The zero-order valence-corrected chi connectivity index (χ0v) is 8.01. The van der Waals surface area contributed by atoms with Crippen LogP contribution in [-0.2, 0) is 0 Å². The zero-order valence-electron chi connectivity index (χ0n) is 7.26. The van der Waals surface area contributed by atoms with Gasteiger partial charge in [-0.25, -0.2) is 0 Å². The summed E-state index contributed by atoms with van der Waals surface area (Å²) in [6, 6.07) is 10.3. The van der Waals surface area contributed by atoms with E-state index in [1.807, 2.05) is 18.2 Å². The summed E-state index contributed by atoms with van der Waals surface area (Å²) in [6.45, 7) is 2.12. The van der Waals surface area contributed by atoms with Crippen LogP contribution in [0, 0.1) is 0 Å². The molecule has 1 rings (SSSR count). The van der Waals surface area contributed by atoms with Crippen LogP contribution in [0.2, 0.25) is 0 Å². The van der Waals surface area contributed by atoms with E-state index in [0.29, 0.717) is 5.88 Å². The maximum absolute atomic E-state index is 5.81. The molecule has 0 N–H and O–H groups in total. The molecule has 0 aliphatic heterocycles. The Morgan fingerprint density at radius 1 is 1.33 bits per heavy atom. The van der Waals surface area contributed by atoms with Crippen molar-refractivity contribution >= 4 is 17.2 Å². The van der Waals surface area contributed by atoms with E-state index in [4.69, 9.17) is 11.6 Å². The molecular weight excluding hydrogens is 168 g/mol. The topological polar surface area (TPSA) is 0 Å². The van der Waals surface area contributed by atoms with Crippen molar-refractivity contribution in [1.29, 1.82) is 0 Å². The molecule has 0 fully saturated rings. The minimum atomic E-state index is 0.595.